The molecule has 5 heteroatoms. The van der Waals surface area contributed by atoms with E-state index in [9.17, 15) is 0 Å². The fraction of sp³-hybridized carbons (Fsp3) is 1.00. The third kappa shape index (κ3) is 5.97. The average Bonchev–Trinajstić information content (AvgIpc) is 3.16. The lowest BCUT2D eigenvalue weighted by atomic mass is 10.3. The smallest absolute Gasteiger partial charge is 0.339 e. The van der Waals surface area contributed by atoms with E-state index in [0.717, 1.165) is 51.2 Å². The second-order valence-electron chi connectivity index (χ2n) is 4.53. The number of epoxide rings is 1. The Morgan fingerprint density at radius 3 is 2.41 bits per heavy atom. The number of hydrogen-bond acceptors (Lipinski definition) is 4. The van der Waals surface area contributed by atoms with Gasteiger partial charge in [0.2, 0.25) is 0 Å². The van der Waals surface area contributed by atoms with E-state index < -0.39 is 8.56 Å². The molecular formula is C12H26O4Si. The largest absolute Gasteiger partial charge is 0.398 e. The molecule has 0 radical (unpaired) electrons. The summed E-state index contributed by atoms with van der Waals surface area (Å²) in [5.74, 6) is 0. The summed E-state index contributed by atoms with van der Waals surface area (Å²) < 4.78 is 22.0. The van der Waals surface area contributed by atoms with Crippen LogP contribution in [-0.2, 0) is 18.3 Å². The summed E-state index contributed by atoms with van der Waals surface area (Å²) in [4.78, 5) is 0. The molecule has 102 valence electrons. The summed E-state index contributed by atoms with van der Waals surface area (Å²) in [5.41, 5.74) is 0. The molecule has 1 aliphatic rings. The van der Waals surface area contributed by atoms with Gasteiger partial charge in [0.1, 0.15) is 0 Å². The Hall–Kier alpha value is 0.0569. The van der Waals surface area contributed by atoms with Gasteiger partial charge in [-0.25, -0.2) is 0 Å². The number of hydrogen-bond donors (Lipinski definition) is 0. The van der Waals surface area contributed by atoms with Crippen LogP contribution >= 0.6 is 0 Å². The van der Waals surface area contributed by atoms with Crippen LogP contribution in [0.4, 0.5) is 0 Å². The predicted molar refractivity (Wildman–Crippen MR) is 69.5 cm³/mol. The predicted octanol–water partition coefficient (Wildman–Crippen LogP) is 2.33. The monoisotopic (exact) mass is 262 g/mol. The summed E-state index contributed by atoms with van der Waals surface area (Å²) in [7, 11) is 1.56. The molecule has 0 N–H and O–H groups in total. The summed E-state index contributed by atoms with van der Waals surface area (Å²) in [6.45, 7) is 4.68. The Bertz CT molecular complexity index is 193. The van der Waals surface area contributed by atoms with Crippen molar-refractivity contribution in [3.05, 3.63) is 0 Å². The highest BCUT2D eigenvalue weighted by atomic mass is 28.4. The van der Waals surface area contributed by atoms with Crippen molar-refractivity contribution in [1.82, 2.24) is 0 Å². The van der Waals surface area contributed by atoms with E-state index in [4.69, 9.17) is 18.3 Å². The van der Waals surface area contributed by atoms with E-state index >= 15 is 0 Å². The van der Waals surface area contributed by atoms with Gasteiger partial charge in [-0.2, -0.15) is 0 Å². The summed E-state index contributed by atoms with van der Waals surface area (Å²) in [6.07, 6.45) is 3.84. The normalized spacial score (nSPS) is 19.6. The zero-order valence-electron chi connectivity index (χ0n) is 11.4. The lowest BCUT2D eigenvalue weighted by Crippen LogP contribution is -2.40. The van der Waals surface area contributed by atoms with Gasteiger partial charge in [-0.3, -0.25) is 0 Å². The fourth-order valence-corrected chi connectivity index (χ4v) is 4.43. The second-order valence-corrected chi connectivity index (χ2v) is 8.17. The minimum atomic E-state index is -1.96. The molecular weight excluding hydrogens is 236 g/mol. The molecule has 1 atom stereocenters. The van der Waals surface area contributed by atoms with E-state index in [2.05, 4.69) is 6.92 Å². The third-order valence-electron chi connectivity index (χ3n) is 3.22. The standard InChI is InChI=1S/C12H26O4Si/c1-4-9-17(13-2,14-3)10-8-15-7-5-6-12-11-16-12/h12H,4-11H2,1-3H3. The molecule has 0 aromatic rings. The van der Waals surface area contributed by atoms with E-state index in [1.807, 2.05) is 0 Å². The quantitative estimate of drug-likeness (QED) is 0.325. The van der Waals surface area contributed by atoms with Crippen molar-refractivity contribution < 1.29 is 18.3 Å². The van der Waals surface area contributed by atoms with Crippen molar-refractivity contribution >= 4 is 8.56 Å². The first-order valence-electron chi connectivity index (χ1n) is 6.56. The maximum absolute atomic E-state index is 5.64. The van der Waals surface area contributed by atoms with Crippen LogP contribution in [0.15, 0.2) is 0 Å². The summed E-state index contributed by atoms with van der Waals surface area (Å²) in [6, 6.07) is 1.97. The van der Waals surface area contributed by atoms with Gasteiger partial charge in [0.05, 0.1) is 12.7 Å². The van der Waals surface area contributed by atoms with E-state index in [1.165, 1.54) is 0 Å². The summed E-state index contributed by atoms with van der Waals surface area (Å²) in [5, 5.41) is 0. The average molecular weight is 262 g/mol. The highest BCUT2D eigenvalue weighted by molar-refractivity contribution is 6.67. The van der Waals surface area contributed by atoms with Gasteiger partial charge < -0.3 is 18.3 Å². The topological polar surface area (TPSA) is 40.2 Å². The molecule has 0 spiro atoms. The van der Waals surface area contributed by atoms with Crippen LogP contribution in [0.1, 0.15) is 26.2 Å². The molecule has 0 amide bonds. The molecule has 0 aromatic carbocycles. The molecule has 1 heterocycles. The molecule has 4 nitrogen and oxygen atoms in total. The van der Waals surface area contributed by atoms with Crippen molar-refractivity contribution in [2.24, 2.45) is 0 Å². The fourth-order valence-electron chi connectivity index (χ4n) is 1.97. The molecule has 1 unspecified atom stereocenters. The molecule has 0 aliphatic carbocycles. The lowest BCUT2D eigenvalue weighted by molar-refractivity contribution is 0.129. The first-order chi connectivity index (χ1) is 8.26. The first kappa shape index (κ1) is 15.1. The van der Waals surface area contributed by atoms with Crippen LogP contribution in [-0.4, -0.2) is 48.7 Å². The minimum Gasteiger partial charge on any atom is -0.398 e. The Balaban J connectivity index is 2.04. The Morgan fingerprint density at radius 2 is 1.88 bits per heavy atom. The van der Waals surface area contributed by atoms with Crippen molar-refractivity contribution in [2.75, 3.05) is 34.0 Å². The van der Waals surface area contributed by atoms with Gasteiger partial charge >= 0.3 is 8.56 Å². The first-order valence-corrected chi connectivity index (χ1v) is 8.79. The second kappa shape index (κ2) is 8.21. The molecule has 1 rings (SSSR count). The van der Waals surface area contributed by atoms with Gasteiger partial charge in [0.15, 0.2) is 0 Å². The molecule has 0 aromatic heterocycles. The molecule has 1 saturated heterocycles. The highest BCUT2D eigenvalue weighted by Crippen LogP contribution is 2.19. The van der Waals surface area contributed by atoms with Crippen LogP contribution in [0.3, 0.4) is 0 Å². The Kier molecular flexibility index (Phi) is 7.30. The lowest BCUT2D eigenvalue weighted by Gasteiger charge is -2.26. The van der Waals surface area contributed by atoms with Crippen molar-refractivity contribution in [1.29, 1.82) is 0 Å². The Labute approximate surface area is 106 Å². The van der Waals surface area contributed by atoms with E-state index in [1.54, 1.807) is 14.2 Å². The molecule has 17 heavy (non-hydrogen) atoms. The van der Waals surface area contributed by atoms with Crippen LogP contribution in [0, 0.1) is 0 Å². The molecule has 1 aliphatic heterocycles. The Morgan fingerprint density at radius 1 is 1.18 bits per heavy atom. The van der Waals surface area contributed by atoms with Gasteiger partial charge in [0.25, 0.3) is 0 Å². The summed E-state index contributed by atoms with van der Waals surface area (Å²) >= 11 is 0. The number of rotatable bonds is 11. The van der Waals surface area contributed by atoms with Crippen molar-refractivity contribution in [3.8, 4) is 0 Å². The van der Waals surface area contributed by atoms with E-state index in [0.29, 0.717) is 6.10 Å². The van der Waals surface area contributed by atoms with Gasteiger partial charge in [-0.1, -0.05) is 13.3 Å². The zero-order chi connectivity index (χ0) is 12.6. The SMILES string of the molecule is CCC[Si](CCOCCCC1CO1)(OC)OC. The van der Waals surface area contributed by atoms with Gasteiger partial charge in [0, 0.05) is 33.5 Å². The van der Waals surface area contributed by atoms with Gasteiger partial charge in [-0.15, -0.1) is 0 Å². The van der Waals surface area contributed by atoms with Crippen LogP contribution in [0.5, 0.6) is 0 Å². The van der Waals surface area contributed by atoms with Gasteiger partial charge in [-0.05, 0) is 18.9 Å². The van der Waals surface area contributed by atoms with E-state index in [-0.39, 0.29) is 0 Å². The van der Waals surface area contributed by atoms with Crippen LogP contribution < -0.4 is 0 Å². The minimum absolute atomic E-state index is 0.519. The molecule has 0 saturated carbocycles. The van der Waals surface area contributed by atoms with Crippen molar-refractivity contribution in [3.63, 3.8) is 0 Å². The molecule has 0 bridgehead atoms. The third-order valence-corrected chi connectivity index (χ3v) is 6.94. The highest BCUT2D eigenvalue weighted by Gasteiger charge is 2.33. The zero-order valence-corrected chi connectivity index (χ0v) is 12.4. The molecule has 1 fully saturated rings. The van der Waals surface area contributed by atoms with Crippen molar-refractivity contribution in [2.45, 2.75) is 44.4 Å². The number of ether oxygens (including phenoxy) is 2. The van der Waals surface area contributed by atoms with Crippen LogP contribution in [0.25, 0.3) is 0 Å². The maximum atomic E-state index is 5.64. The van der Waals surface area contributed by atoms with Crippen LogP contribution in [0.2, 0.25) is 12.1 Å². The maximum Gasteiger partial charge on any atom is 0.339 e.